The van der Waals surface area contributed by atoms with Crippen molar-refractivity contribution in [3.63, 3.8) is 0 Å². The van der Waals surface area contributed by atoms with Gasteiger partial charge in [0.2, 0.25) is 0 Å². The van der Waals surface area contributed by atoms with Crippen molar-refractivity contribution in [2.24, 2.45) is 5.73 Å². The lowest BCUT2D eigenvalue weighted by Crippen LogP contribution is -2.25. The zero-order valence-corrected chi connectivity index (χ0v) is 11.3. The fourth-order valence-electron chi connectivity index (χ4n) is 1.33. The van der Waals surface area contributed by atoms with Crippen LogP contribution < -0.4 is 10.5 Å². The molecule has 0 heterocycles. The number of methoxy groups -OCH3 is 1. The summed E-state index contributed by atoms with van der Waals surface area (Å²) in [6.07, 6.45) is 0.836. The minimum Gasteiger partial charge on any atom is -0.493 e. The number of rotatable bonds is 5. The molecule has 3 nitrogen and oxygen atoms in total. The molecule has 1 aromatic carbocycles. The predicted molar refractivity (Wildman–Crippen MR) is 73.6 cm³/mol. The molecular formula is C15H21NO2. The van der Waals surface area contributed by atoms with Crippen LogP contribution in [-0.2, 0) is 4.74 Å². The molecule has 1 aromatic rings. The number of nitrogens with two attached hydrogens (primary N) is 1. The summed E-state index contributed by atoms with van der Waals surface area (Å²) in [6.45, 7) is 5.07. The van der Waals surface area contributed by atoms with Gasteiger partial charge < -0.3 is 15.2 Å². The quantitative estimate of drug-likeness (QED) is 0.811. The molecule has 98 valence electrons. The minimum atomic E-state index is -0.156. The third kappa shape index (κ3) is 5.22. The van der Waals surface area contributed by atoms with Crippen molar-refractivity contribution in [1.29, 1.82) is 0 Å². The molecule has 0 aliphatic heterocycles. The summed E-state index contributed by atoms with van der Waals surface area (Å²) in [4.78, 5) is 0. The maximum atomic E-state index is 5.69. The normalized spacial score (nSPS) is 10.7. The van der Waals surface area contributed by atoms with Crippen molar-refractivity contribution in [2.45, 2.75) is 25.9 Å². The average molecular weight is 247 g/mol. The third-order valence-corrected chi connectivity index (χ3v) is 2.69. The first-order valence-corrected chi connectivity index (χ1v) is 6.04. The van der Waals surface area contributed by atoms with E-state index in [1.807, 2.05) is 38.1 Å². The maximum absolute atomic E-state index is 5.69. The summed E-state index contributed by atoms with van der Waals surface area (Å²) in [5.41, 5.74) is 6.10. The van der Waals surface area contributed by atoms with Gasteiger partial charge in [0, 0.05) is 19.1 Å². The number of benzene rings is 1. The van der Waals surface area contributed by atoms with Gasteiger partial charge in [0.05, 0.1) is 18.8 Å². The highest BCUT2D eigenvalue weighted by Crippen LogP contribution is 2.16. The highest BCUT2D eigenvalue weighted by molar-refractivity contribution is 5.39. The fourth-order valence-corrected chi connectivity index (χ4v) is 1.33. The zero-order valence-electron chi connectivity index (χ0n) is 11.3. The van der Waals surface area contributed by atoms with Gasteiger partial charge in [-0.1, -0.05) is 17.9 Å². The van der Waals surface area contributed by atoms with E-state index in [4.69, 9.17) is 15.2 Å². The Morgan fingerprint density at radius 2 is 2.11 bits per heavy atom. The SMILES string of the molecule is COC(C)(C)CCOc1cccc(C#CCN)c1. The smallest absolute Gasteiger partial charge is 0.120 e. The molecule has 0 unspecified atom stereocenters. The lowest BCUT2D eigenvalue weighted by atomic mass is 10.1. The van der Waals surface area contributed by atoms with E-state index in [0.29, 0.717) is 13.2 Å². The van der Waals surface area contributed by atoms with Crippen LogP contribution in [0.4, 0.5) is 0 Å². The third-order valence-electron chi connectivity index (χ3n) is 2.69. The molecule has 0 aromatic heterocycles. The highest BCUT2D eigenvalue weighted by Gasteiger charge is 2.15. The van der Waals surface area contributed by atoms with E-state index in [1.165, 1.54) is 0 Å². The van der Waals surface area contributed by atoms with Gasteiger partial charge in [-0.25, -0.2) is 0 Å². The molecule has 0 atom stereocenters. The van der Waals surface area contributed by atoms with E-state index in [-0.39, 0.29) is 5.60 Å². The summed E-state index contributed by atoms with van der Waals surface area (Å²) < 4.78 is 11.0. The summed E-state index contributed by atoms with van der Waals surface area (Å²) in [7, 11) is 1.71. The number of hydrogen-bond acceptors (Lipinski definition) is 3. The van der Waals surface area contributed by atoms with E-state index >= 15 is 0 Å². The Balaban J connectivity index is 2.53. The lowest BCUT2D eigenvalue weighted by molar-refractivity contribution is 0.00546. The van der Waals surface area contributed by atoms with Crippen LogP contribution in [0.25, 0.3) is 0 Å². The monoisotopic (exact) mass is 247 g/mol. The molecule has 0 radical (unpaired) electrons. The summed E-state index contributed by atoms with van der Waals surface area (Å²) in [5, 5.41) is 0. The Kier molecular flexibility index (Phi) is 5.70. The second-order valence-electron chi connectivity index (χ2n) is 4.60. The average Bonchev–Trinajstić information content (AvgIpc) is 2.37. The van der Waals surface area contributed by atoms with Gasteiger partial charge in [0.25, 0.3) is 0 Å². The molecule has 0 saturated carbocycles. The van der Waals surface area contributed by atoms with Crippen molar-refractivity contribution in [3.8, 4) is 17.6 Å². The predicted octanol–water partition coefficient (Wildman–Crippen LogP) is 2.19. The van der Waals surface area contributed by atoms with E-state index in [0.717, 1.165) is 17.7 Å². The minimum absolute atomic E-state index is 0.156. The van der Waals surface area contributed by atoms with Gasteiger partial charge in [-0.05, 0) is 32.0 Å². The molecule has 0 amide bonds. The first-order chi connectivity index (χ1) is 8.57. The second-order valence-corrected chi connectivity index (χ2v) is 4.60. The molecule has 0 bridgehead atoms. The molecule has 0 spiro atoms. The van der Waals surface area contributed by atoms with E-state index in [9.17, 15) is 0 Å². The highest BCUT2D eigenvalue weighted by atomic mass is 16.5. The van der Waals surface area contributed by atoms with Gasteiger partial charge in [-0.3, -0.25) is 0 Å². The van der Waals surface area contributed by atoms with Crippen LogP contribution in [0.5, 0.6) is 5.75 Å². The van der Waals surface area contributed by atoms with Crippen LogP contribution in [-0.4, -0.2) is 25.9 Å². The molecule has 0 aliphatic rings. The van der Waals surface area contributed by atoms with Crippen LogP contribution in [0.3, 0.4) is 0 Å². The van der Waals surface area contributed by atoms with Crippen LogP contribution in [0.15, 0.2) is 24.3 Å². The van der Waals surface area contributed by atoms with Crippen molar-refractivity contribution >= 4 is 0 Å². The summed E-state index contributed by atoms with van der Waals surface area (Å²) >= 11 is 0. The Morgan fingerprint density at radius 1 is 1.33 bits per heavy atom. The van der Waals surface area contributed by atoms with E-state index in [2.05, 4.69) is 11.8 Å². The Bertz CT molecular complexity index is 430. The molecule has 1 rings (SSSR count). The summed E-state index contributed by atoms with van der Waals surface area (Å²) in [6, 6.07) is 7.71. The number of ether oxygens (including phenoxy) is 2. The van der Waals surface area contributed by atoms with Gasteiger partial charge in [-0.2, -0.15) is 0 Å². The maximum Gasteiger partial charge on any atom is 0.120 e. The zero-order chi connectivity index (χ0) is 13.4. The molecule has 0 saturated heterocycles. The fraction of sp³-hybridized carbons (Fsp3) is 0.467. The first-order valence-electron chi connectivity index (χ1n) is 6.04. The topological polar surface area (TPSA) is 44.5 Å². The Morgan fingerprint density at radius 3 is 2.78 bits per heavy atom. The van der Waals surface area contributed by atoms with Gasteiger partial charge >= 0.3 is 0 Å². The standard InChI is InChI=1S/C15H21NO2/c1-15(2,17-3)9-11-18-14-8-4-6-13(12-14)7-5-10-16/h4,6,8,12H,9-11,16H2,1-3H3. The van der Waals surface area contributed by atoms with Crippen LogP contribution >= 0.6 is 0 Å². The van der Waals surface area contributed by atoms with Gasteiger partial charge in [-0.15, -0.1) is 0 Å². The van der Waals surface area contributed by atoms with E-state index in [1.54, 1.807) is 7.11 Å². The van der Waals surface area contributed by atoms with Gasteiger partial charge in [0.15, 0.2) is 0 Å². The molecule has 3 heteroatoms. The second kappa shape index (κ2) is 7.05. The molecular weight excluding hydrogens is 226 g/mol. The van der Waals surface area contributed by atoms with Crippen molar-refractivity contribution in [2.75, 3.05) is 20.3 Å². The van der Waals surface area contributed by atoms with Crippen molar-refractivity contribution in [3.05, 3.63) is 29.8 Å². The summed E-state index contributed by atoms with van der Waals surface area (Å²) in [5.74, 6) is 6.63. The van der Waals surface area contributed by atoms with Crippen LogP contribution in [0.1, 0.15) is 25.8 Å². The van der Waals surface area contributed by atoms with Crippen molar-refractivity contribution in [1.82, 2.24) is 0 Å². The molecule has 0 aliphatic carbocycles. The molecule has 18 heavy (non-hydrogen) atoms. The first kappa shape index (κ1) is 14.6. The molecule has 0 fully saturated rings. The van der Waals surface area contributed by atoms with Crippen LogP contribution in [0, 0.1) is 11.8 Å². The van der Waals surface area contributed by atoms with Crippen molar-refractivity contribution < 1.29 is 9.47 Å². The Hall–Kier alpha value is -1.50. The Labute approximate surface area is 109 Å². The largest absolute Gasteiger partial charge is 0.493 e. The lowest BCUT2D eigenvalue weighted by Gasteiger charge is -2.22. The number of hydrogen-bond donors (Lipinski definition) is 1. The molecule has 2 N–H and O–H groups in total. The van der Waals surface area contributed by atoms with E-state index < -0.39 is 0 Å². The van der Waals surface area contributed by atoms with Crippen LogP contribution in [0.2, 0.25) is 0 Å². The van der Waals surface area contributed by atoms with Gasteiger partial charge in [0.1, 0.15) is 5.75 Å².